The molecule has 2 fully saturated rings. The van der Waals surface area contributed by atoms with E-state index in [1.165, 1.54) is 0 Å². The highest BCUT2D eigenvalue weighted by Gasteiger charge is 2.44. The molecule has 0 aromatic heterocycles. The second-order valence-electron chi connectivity index (χ2n) is 3.44. The molecule has 2 aliphatic heterocycles. The first-order chi connectivity index (χ1) is 6.75. The van der Waals surface area contributed by atoms with Gasteiger partial charge < -0.3 is 10.2 Å². The molecule has 0 aliphatic carbocycles. The van der Waals surface area contributed by atoms with E-state index in [1.807, 2.05) is 37.6 Å². The molecule has 4 heteroatoms. The number of amides is 1. The van der Waals surface area contributed by atoms with Gasteiger partial charge in [-0.1, -0.05) is 13.8 Å². The van der Waals surface area contributed by atoms with Crippen molar-refractivity contribution >= 4 is 17.7 Å². The molecular formula is C10H20N2OS. The predicted molar refractivity (Wildman–Crippen MR) is 61.4 cm³/mol. The molecule has 14 heavy (non-hydrogen) atoms. The van der Waals surface area contributed by atoms with Gasteiger partial charge in [0.2, 0.25) is 5.91 Å². The molecule has 1 N–H and O–H groups in total. The third-order valence-electron chi connectivity index (χ3n) is 2.83. The van der Waals surface area contributed by atoms with Crippen molar-refractivity contribution in [3.63, 3.8) is 0 Å². The molecule has 0 atom stereocenters. The largest absolute Gasteiger partial charge is 0.330 e. The Bertz CT molecular complexity index is 202. The second kappa shape index (κ2) is 5.03. The average Bonchev–Trinajstić information content (AvgIpc) is 2.52. The Kier molecular flexibility index (Phi) is 4.26. The van der Waals surface area contributed by atoms with Gasteiger partial charge in [0.15, 0.2) is 0 Å². The summed E-state index contributed by atoms with van der Waals surface area (Å²) in [7, 11) is 1.94. The monoisotopic (exact) mass is 216 g/mol. The number of piperidine rings is 1. The Morgan fingerprint density at radius 2 is 1.93 bits per heavy atom. The van der Waals surface area contributed by atoms with Crippen LogP contribution >= 0.6 is 11.8 Å². The maximum absolute atomic E-state index is 11.3. The molecule has 0 aromatic rings. The summed E-state index contributed by atoms with van der Waals surface area (Å²) in [5.74, 6) is 0.971. The first kappa shape index (κ1) is 11.9. The Morgan fingerprint density at radius 1 is 1.36 bits per heavy atom. The molecule has 0 aromatic carbocycles. The van der Waals surface area contributed by atoms with E-state index in [0.717, 1.165) is 25.9 Å². The first-order valence-electron chi connectivity index (χ1n) is 5.36. The lowest BCUT2D eigenvalue weighted by Crippen LogP contribution is -2.48. The summed E-state index contributed by atoms with van der Waals surface area (Å²) in [5, 5.41) is 3.32. The Labute approximate surface area is 90.6 Å². The van der Waals surface area contributed by atoms with Crippen molar-refractivity contribution < 1.29 is 4.79 Å². The van der Waals surface area contributed by atoms with Crippen LogP contribution in [0.5, 0.6) is 0 Å². The highest BCUT2D eigenvalue weighted by Crippen LogP contribution is 2.41. The van der Waals surface area contributed by atoms with Crippen molar-refractivity contribution in [1.29, 1.82) is 0 Å². The zero-order valence-corrected chi connectivity index (χ0v) is 10.1. The van der Waals surface area contributed by atoms with Crippen molar-refractivity contribution in [3.8, 4) is 0 Å². The van der Waals surface area contributed by atoms with Crippen LogP contribution in [0.4, 0.5) is 0 Å². The summed E-state index contributed by atoms with van der Waals surface area (Å²) in [6, 6.07) is 0. The number of hydrogen-bond acceptors (Lipinski definition) is 3. The summed E-state index contributed by atoms with van der Waals surface area (Å²) in [4.78, 5) is 13.4. The van der Waals surface area contributed by atoms with Gasteiger partial charge in [0.25, 0.3) is 0 Å². The van der Waals surface area contributed by atoms with E-state index in [-0.39, 0.29) is 4.87 Å². The van der Waals surface area contributed by atoms with Crippen LogP contribution in [0.2, 0.25) is 0 Å². The molecule has 3 nitrogen and oxygen atoms in total. The van der Waals surface area contributed by atoms with Gasteiger partial charge in [0, 0.05) is 7.05 Å². The fourth-order valence-corrected chi connectivity index (χ4v) is 3.29. The first-order valence-corrected chi connectivity index (χ1v) is 6.34. The van der Waals surface area contributed by atoms with E-state index in [1.54, 1.807) is 0 Å². The van der Waals surface area contributed by atoms with Gasteiger partial charge >= 0.3 is 0 Å². The minimum Gasteiger partial charge on any atom is -0.330 e. The molecule has 0 saturated carbocycles. The summed E-state index contributed by atoms with van der Waals surface area (Å²) < 4.78 is 0. The third kappa shape index (κ3) is 2.06. The van der Waals surface area contributed by atoms with Gasteiger partial charge in [-0.15, -0.1) is 11.8 Å². The summed E-state index contributed by atoms with van der Waals surface area (Å²) in [6.07, 6.45) is 2.19. The van der Waals surface area contributed by atoms with Crippen molar-refractivity contribution in [2.45, 2.75) is 31.6 Å². The van der Waals surface area contributed by atoms with Gasteiger partial charge in [-0.2, -0.15) is 0 Å². The van der Waals surface area contributed by atoms with Gasteiger partial charge in [-0.25, -0.2) is 0 Å². The highest BCUT2D eigenvalue weighted by molar-refractivity contribution is 8.01. The zero-order valence-electron chi connectivity index (χ0n) is 9.30. The molecule has 1 amide bonds. The quantitative estimate of drug-likeness (QED) is 0.662. The normalized spacial score (nSPS) is 24.8. The molecule has 0 bridgehead atoms. The van der Waals surface area contributed by atoms with Crippen LogP contribution in [0.3, 0.4) is 0 Å². The van der Waals surface area contributed by atoms with Crippen LogP contribution < -0.4 is 5.32 Å². The Balaban J connectivity index is 0.000000461. The minimum absolute atomic E-state index is 0.141. The molecule has 82 valence electrons. The lowest BCUT2D eigenvalue weighted by Gasteiger charge is -2.38. The van der Waals surface area contributed by atoms with Gasteiger partial charge in [-0.3, -0.25) is 4.79 Å². The van der Waals surface area contributed by atoms with E-state index in [4.69, 9.17) is 0 Å². The Hall–Kier alpha value is -0.220. The lowest BCUT2D eigenvalue weighted by molar-refractivity contribution is -0.129. The molecule has 2 saturated heterocycles. The lowest BCUT2D eigenvalue weighted by atomic mass is 10.0. The zero-order chi connectivity index (χ0) is 10.6. The molecule has 0 unspecified atom stereocenters. The number of hydrogen-bond donors (Lipinski definition) is 1. The van der Waals surface area contributed by atoms with Crippen molar-refractivity contribution in [3.05, 3.63) is 0 Å². The number of rotatable bonds is 0. The standard InChI is InChI=1S/C8H14N2OS.C2H6/c1-10-7(11)6-12-8(10)2-4-9-5-3-8;1-2/h9H,2-6H2,1H3;1-2H3. The van der Waals surface area contributed by atoms with E-state index in [2.05, 4.69) is 5.32 Å². The van der Waals surface area contributed by atoms with Crippen LogP contribution in [-0.2, 0) is 4.79 Å². The minimum atomic E-state index is 0.141. The Morgan fingerprint density at radius 3 is 2.36 bits per heavy atom. The number of nitrogens with one attached hydrogen (secondary N) is 1. The fraction of sp³-hybridized carbons (Fsp3) is 0.900. The molecule has 2 aliphatic rings. The SMILES string of the molecule is CC.CN1C(=O)CSC12CCNCC2. The van der Waals surface area contributed by atoms with Gasteiger partial charge in [0.05, 0.1) is 10.6 Å². The number of thioether (sulfide) groups is 1. The van der Waals surface area contributed by atoms with E-state index >= 15 is 0 Å². The van der Waals surface area contributed by atoms with Crippen LogP contribution in [0.15, 0.2) is 0 Å². The summed E-state index contributed by atoms with van der Waals surface area (Å²) >= 11 is 1.82. The number of carbonyl (C=O) groups is 1. The van der Waals surface area contributed by atoms with Crippen LogP contribution in [0, 0.1) is 0 Å². The molecule has 2 heterocycles. The molecule has 1 spiro atoms. The van der Waals surface area contributed by atoms with Crippen LogP contribution in [0.25, 0.3) is 0 Å². The van der Waals surface area contributed by atoms with Crippen molar-refractivity contribution in [2.24, 2.45) is 0 Å². The highest BCUT2D eigenvalue weighted by atomic mass is 32.2. The molecular weight excluding hydrogens is 196 g/mol. The topological polar surface area (TPSA) is 32.3 Å². The maximum Gasteiger partial charge on any atom is 0.233 e. The second-order valence-corrected chi connectivity index (χ2v) is 4.77. The average molecular weight is 216 g/mol. The van der Waals surface area contributed by atoms with Gasteiger partial charge in [0.1, 0.15) is 0 Å². The van der Waals surface area contributed by atoms with Crippen LogP contribution in [-0.4, -0.2) is 41.6 Å². The van der Waals surface area contributed by atoms with E-state index in [0.29, 0.717) is 11.7 Å². The van der Waals surface area contributed by atoms with E-state index in [9.17, 15) is 4.79 Å². The van der Waals surface area contributed by atoms with E-state index < -0.39 is 0 Å². The third-order valence-corrected chi connectivity index (χ3v) is 4.45. The summed E-state index contributed by atoms with van der Waals surface area (Å²) in [5.41, 5.74) is 0. The van der Waals surface area contributed by atoms with Crippen LogP contribution in [0.1, 0.15) is 26.7 Å². The number of nitrogens with zero attached hydrogens (tertiary/aromatic N) is 1. The predicted octanol–water partition coefficient (Wildman–Crippen LogP) is 1.30. The fourth-order valence-electron chi connectivity index (χ4n) is 1.91. The number of carbonyl (C=O) groups excluding carboxylic acids is 1. The van der Waals surface area contributed by atoms with Crippen molar-refractivity contribution in [1.82, 2.24) is 10.2 Å². The summed E-state index contributed by atoms with van der Waals surface area (Å²) in [6.45, 7) is 6.09. The molecule has 0 radical (unpaired) electrons. The van der Waals surface area contributed by atoms with Gasteiger partial charge in [-0.05, 0) is 25.9 Å². The smallest absolute Gasteiger partial charge is 0.233 e. The molecule has 2 rings (SSSR count). The maximum atomic E-state index is 11.3. The van der Waals surface area contributed by atoms with Crippen molar-refractivity contribution in [2.75, 3.05) is 25.9 Å².